The molecule has 3 aromatic carbocycles. The minimum Gasteiger partial charge on any atom is -0.626 e. The number of ether oxygens (including phenoxy) is 2. The number of hydrogen-bond acceptors (Lipinski definition) is 3. The van der Waals surface area contributed by atoms with Crippen molar-refractivity contribution in [3.8, 4) is 0 Å². The second-order valence-electron chi connectivity index (χ2n) is 7.73. The van der Waals surface area contributed by atoms with E-state index >= 15 is 0 Å². The Bertz CT molecular complexity index is 936. The number of hydrogen-bond donors (Lipinski definition) is 0. The highest BCUT2D eigenvalue weighted by Crippen LogP contribution is 2.40. The second kappa shape index (κ2) is 9.52. The number of rotatable bonds is 6. The topological polar surface area (TPSA) is 41.5 Å². The van der Waals surface area contributed by atoms with E-state index in [2.05, 4.69) is 48.5 Å². The SMILES string of the molecule is CC1(C)O[C@H](/C=[P+](\[O-])c2ccccc2)[C@@H](CP(c2ccccc2)c2ccccc2)O1. The van der Waals surface area contributed by atoms with Crippen molar-refractivity contribution in [1.82, 2.24) is 0 Å². The Morgan fingerprint density at radius 2 is 1.33 bits per heavy atom. The Hall–Kier alpha value is -1.86. The molecule has 0 bridgehead atoms. The normalized spacial score (nSPS) is 21.1. The molecule has 0 N–H and O–H groups in total. The third-order valence-corrected chi connectivity index (χ3v) is 8.95. The molecule has 5 heteroatoms. The third-order valence-electron chi connectivity index (χ3n) is 5.01. The van der Waals surface area contributed by atoms with Crippen LogP contribution in [0.15, 0.2) is 91.0 Å². The maximum atomic E-state index is 12.9. The zero-order valence-electron chi connectivity index (χ0n) is 17.2. The summed E-state index contributed by atoms with van der Waals surface area (Å²) in [6.07, 6.45) is 0.335. The van der Waals surface area contributed by atoms with E-state index in [-0.39, 0.29) is 12.2 Å². The summed E-state index contributed by atoms with van der Waals surface area (Å²) in [7, 11) is -2.29. The van der Waals surface area contributed by atoms with Gasteiger partial charge in [-0.2, -0.15) is 0 Å². The molecule has 0 aliphatic carbocycles. The predicted octanol–water partition coefficient (Wildman–Crippen LogP) is 3.52. The monoisotopic (exact) mass is 436 g/mol. The lowest BCUT2D eigenvalue weighted by Crippen LogP contribution is -2.31. The molecule has 1 saturated heterocycles. The summed E-state index contributed by atoms with van der Waals surface area (Å²) in [5, 5.41) is 3.42. The molecule has 3 atom stereocenters. The standard InChI is InChI=1S/C25H26O3P2/c1-25(2)27-23(24(28-25)19-30(26)22-16-10-5-11-17-22)18-29(20-12-6-3-7-13-20)21-14-8-4-9-15-21/h3-17,19,23-24H,18H2,1-2H3/t23-,24-/m1/s1. The molecule has 1 fully saturated rings. The summed E-state index contributed by atoms with van der Waals surface area (Å²) < 4.78 is 12.5. The first-order chi connectivity index (χ1) is 14.5. The lowest BCUT2D eigenvalue weighted by Gasteiger charge is -2.23. The van der Waals surface area contributed by atoms with E-state index in [0.29, 0.717) is 0 Å². The Labute approximate surface area is 180 Å². The van der Waals surface area contributed by atoms with Gasteiger partial charge in [-0.25, -0.2) is 0 Å². The van der Waals surface area contributed by atoms with Crippen LogP contribution < -0.4 is 20.8 Å². The van der Waals surface area contributed by atoms with E-state index in [9.17, 15) is 4.89 Å². The molecular weight excluding hydrogens is 410 g/mol. The smallest absolute Gasteiger partial charge is 0.164 e. The van der Waals surface area contributed by atoms with E-state index < -0.39 is 21.5 Å². The highest BCUT2D eigenvalue weighted by Gasteiger charge is 2.43. The van der Waals surface area contributed by atoms with E-state index in [1.54, 1.807) is 0 Å². The summed E-state index contributed by atoms with van der Waals surface area (Å²) in [5.74, 6) is 1.13. The molecule has 0 aromatic heterocycles. The summed E-state index contributed by atoms with van der Waals surface area (Å²) in [4.78, 5) is 12.9. The van der Waals surface area contributed by atoms with Gasteiger partial charge in [0.15, 0.2) is 5.79 Å². The van der Waals surface area contributed by atoms with Gasteiger partial charge in [-0.1, -0.05) is 78.9 Å². The van der Waals surface area contributed by atoms with Crippen LogP contribution in [0.4, 0.5) is 0 Å². The third kappa shape index (κ3) is 5.24. The van der Waals surface area contributed by atoms with Gasteiger partial charge in [-0.15, -0.1) is 0 Å². The van der Waals surface area contributed by atoms with Crippen molar-refractivity contribution in [2.45, 2.75) is 31.8 Å². The Morgan fingerprint density at radius 1 is 0.833 bits per heavy atom. The van der Waals surface area contributed by atoms with Crippen LogP contribution in [0.3, 0.4) is 0 Å². The summed E-state index contributed by atoms with van der Waals surface area (Å²) >= 11 is 0. The van der Waals surface area contributed by atoms with Crippen LogP contribution in [0.1, 0.15) is 13.8 Å². The van der Waals surface area contributed by atoms with Gasteiger partial charge >= 0.3 is 0 Å². The average molecular weight is 436 g/mol. The molecule has 0 spiro atoms. The number of benzene rings is 3. The van der Waals surface area contributed by atoms with Gasteiger partial charge in [0, 0.05) is 6.16 Å². The summed E-state index contributed by atoms with van der Waals surface area (Å²) in [6.45, 7) is 3.85. The average Bonchev–Trinajstić information content (AvgIpc) is 3.06. The first-order valence-electron chi connectivity index (χ1n) is 10.1. The molecule has 1 aliphatic rings. The van der Waals surface area contributed by atoms with E-state index in [4.69, 9.17) is 9.47 Å². The minimum absolute atomic E-state index is 0.158. The first kappa shape index (κ1) is 21.4. The largest absolute Gasteiger partial charge is 0.626 e. The van der Waals surface area contributed by atoms with E-state index in [0.717, 1.165) is 11.5 Å². The first-order valence-corrected chi connectivity index (χ1v) is 13.0. The van der Waals surface area contributed by atoms with Crippen molar-refractivity contribution in [3.63, 3.8) is 0 Å². The highest BCUT2D eigenvalue weighted by molar-refractivity contribution is 7.73. The highest BCUT2D eigenvalue weighted by atomic mass is 31.1. The zero-order chi connectivity index (χ0) is 21.0. The van der Waals surface area contributed by atoms with Gasteiger partial charge in [0.25, 0.3) is 0 Å². The molecule has 1 aliphatic heterocycles. The molecule has 4 rings (SSSR count). The van der Waals surface area contributed by atoms with Crippen LogP contribution in [0.25, 0.3) is 0 Å². The van der Waals surface area contributed by atoms with Crippen molar-refractivity contribution >= 4 is 37.4 Å². The minimum atomic E-state index is -1.66. The second-order valence-corrected chi connectivity index (χ2v) is 11.5. The molecular formula is C25H26O3P2. The van der Waals surface area contributed by atoms with Crippen molar-refractivity contribution in [2.24, 2.45) is 0 Å². The van der Waals surface area contributed by atoms with Crippen LogP contribution in [-0.4, -0.2) is 30.0 Å². The lowest BCUT2D eigenvalue weighted by atomic mass is 10.3. The maximum absolute atomic E-state index is 12.9. The molecule has 0 amide bonds. The fourth-order valence-corrected chi connectivity index (χ4v) is 7.26. The fourth-order valence-electron chi connectivity index (χ4n) is 3.68. The molecule has 30 heavy (non-hydrogen) atoms. The van der Waals surface area contributed by atoms with E-state index in [1.807, 2.05) is 62.1 Å². The van der Waals surface area contributed by atoms with Gasteiger partial charge in [-0.3, -0.25) is 0 Å². The summed E-state index contributed by atoms with van der Waals surface area (Å²) in [5.41, 5.74) is 0. The van der Waals surface area contributed by atoms with Crippen LogP contribution in [0.5, 0.6) is 0 Å². The van der Waals surface area contributed by atoms with Gasteiger partial charge in [-0.05, 0) is 44.5 Å². The predicted molar refractivity (Wildman–Crippen MR) is 127 cm³/mol. The van der Waals surface area contributed by atoms with Gasteiger partial charge in [0.1, 0.15) is 17.2 Å². The molecule has 0 saturated carbocycles. The van der Waals surface area contributed by atoms with E-state index in [1.165, 1.54) is 10.6 Å². The Kier molecular flexibility index (Phi) is 6.78. The van der Waals surface area contributed by atoms with Gasteiger partial charge in [0.2, 0.25) is 0 Å². The van der Waals surface area contributed by atoms with Crippen LogP contribution in [-0.2, 0) is 9.47 Å². The summed E-state index contributed by atoms with van der Waals surface area (Å²) in [6, 6.07) is 30.7. The quantitative estimate of drug-likeness (QED) is 0.556. The Balaban J connectivity index is 1.64. The van der Waals surface area contributed by atoms with Crippen molar-refractivity contribution in [2.75, 3.05) is 6.16 Å². The van der Waals surface area contributed by atoms with Crippen molar-refractivity contribution < 1.29 is 14.4 Å². The Morgan fingerprint density at radius 3 is 1.87 bits per heavy atom. The van der Waals surface area contributed by atoms with Crippen molar-refractivity contribution in [3.05, 3.63) is 91.0 Å². The van der Waals surface area contributed by atoms with Gasteiger partial charge in [0.05, 0.1) is 13.9 Å². The van der Waals surface area contributed by atoms with Crippen LogP contribution in [0, 0.1) is 0 Å². The molecule has 154 valence electrons. The molecule has 1 unspecified atom stereocenters. The fraction of sp³-hybridized carbons (Fsp3) is 0.240. The molecule has 3 nitrogen and oxygen atoms in total. The molecule has 0 radical (unpaired) electrons. The van der Waals surface area contributed by atoms with Crippen molar-refractivity contribution in [1.29, 1.82) is 0 Å². The zero-order valence-corrected chi connectivity index (χ0v) is 19.0. The molecule has 1 heterocycles. The van der Waals surface area contributed by atoms with Crippen LogP contribution >= 0.6 is 15.7 Å². The molecule has 3 aromatic rings. The van der Waals surface area contributed by atoms with Gasteiger partial charge < -0.3 is 14.4 Å². The maximum Gasteiger partial charge on any atom is 0.164 e. The van der Waals surface area contributed by atoms with Crippen LogP contribution in [0.2, 0.25) is 0 Å². The lowest BCUT2D eigenvalue weighted by molar-refractivity contribution is -0.150.